The summed E-state index contributed by atoms with van der Waals surface area (Å²) in [6.45, 7) is 3.12. The number of aryl methyl sites for hydroxylation is 2. The van der Waals surface area contributed by atoms with Gasteiger partial charge in [-0.05, 0) is 32.5 Å². The lowest BCUT2D eigenvalue weighted by atomic mass is 10.2. The molecular weight excluding hydrogens is 162 g/mol. The summed E-state index contributed by atoms with van der Waals surface area (Å²) in [4.78, 5) is 8.58. The summed E-state index contributed by atoms with van der Waals surface area (Å²) in [6, 6.07) is 1.99. The van der Waals surface area contributed by atoms with Crippen molar-refractivity contribution in [3.8, 4) is 0 Å². The van der Waals surface area contributed by atoms with Gasteiger partial charge in [0, 0.05) is 18.3 Å². The van der Waals surface area contributed by atoms with Crippen molar-refractivity contribution in [1.82, 2.24) is 15.3 Å². The largest absolute Gasteiger partial charge is 0.320 e. The SMILES string of the molecule is CCc1nccc(CCCNC)n1. The van der Waals surface area contributed by atoms with Crippen LogP contribution in [0.3, 0.4) is 0 Å². The standard InChI is InChI=1S/C10H17N3/c1-3-10-12-8-6-9(13-10)5-4-7-11-2/h6,8,11H,3-5,7H2,1-2H3. The second-order valence-electron chi connectivity index (χ2n) is 3.02. The quantitative estimate of drug-likeness (QED) is 0.690. The van der Waals surface area contributed by atoms with E-state index in [2.05, 4.69) is 22.2 Å². The number of aromatic nitrogens is 2. The van der Waals surface area contributed by atoms with Crippen LogP contribution in [0.2, 0.25) is 0 Å². The van der Waals surface area contributed by atoms with Crippen molar-refractivity contribution in [2.75, 3.05) is 13.6 Å². The zero-order valence-electron chi connectivity index (χ0n) is 8.38. The number of rotatable bonds is 5. The summed E-state index contributed by atoms with van der Waals surface area (Å²) in [5, 5.41) is 3.12. The molecule has 3 heteroatoms. The van der Waals surface area contributed by atoms with E-state index < -0.39 is 0 Å². The molecule has 72 valence electrons. The van der Waals surface area contributed by atoms with Crippen molar-refractivity contribution in [3.05, 3.63) is 23.8 Å². The van der Waals surface area contributed by atoms with E-state index in [-0.39, 0.29) is 0 Å². The lowest BCUT2D eigenvalue weighted by molar-refractivity contribution is 0.709. The Balaban J connectivity index is 2.46. The van der Waals surface area contributed by atoms with E-state index >= 15 is 0 Å². The highest BCUT2D eigenvalue weighted by molar-refractivity contribution is 5.02. The summed E-state index contributed by atoms with van der Waals surface area (Å²) in [7, 11) is 1.97. The summed E-state index contributed by atoms with van der Waals surface area (Å²) < 4.78 is 0. The third kappa shape index (κ3) is 3.51. The molecule has 0 aliphatic heterocycles. The molecule has 0 saturated heterocycles. The van der Waals surface area contributed by atoms with Crippen LogP contribution in [0, 0.1) is 0 Å². The first-order chi connectivity index (χ1) is 6.36. The van der Waals surface area contributed by atoms with Crippen LogP contribution in [-0.2, 0) is 12.8 Å². The average molecular weight is 179 g/mol. The molecule has 0 unspecified atom stereocenters. The normalized spacial score (nSPS) is 10.3. The molecule has 13 heavy (non-hydrogen) atoms. The fraction of sp³-hybridized carbons (Fsp3) is 0.600. The van der Waals surface area contributed by atoms with Crippen LogP contribution >= 0.6 is 0 Å². The summed E-state index contributed by atoms with van der Waals surface area (Å²) in [5.41, 5.74) is 1.15. The monoisotopic (exact) mass is 179 g/mol. The van der Waals surface area contributed by atoms with Gasteiger partial charge in [-0.1, -0.05) is 6.92 Å². The fourth-order valence-corrected chi connectivity index (χ4v) is 1.20. The number of hydrogen-bond donors (Lipinski definition) is 1. The first-order valence-corrected chi connectivity index (χ1v) is 4.82. The maximum absolute atomic E-state index is 4.42. The Bertz CT molecular complexity index is 248. The zero-order valence-corrected chi connectivity index (χ0v) is 8.38. The van der Waals surface area contributed by atoms with Crippen molar-refractivity contribution >= 4 is 0 Å². The third-order valence-electron chi connectivity index (χ3n) is 1.94. The molecule has 0 aromatic carbocycles. The molecule has 0 spiro atoms. The van der Waals surface area contributed by atoms with Gasteiger partial charge in [0.15, 0.2) is 0 Å². The van der Waals surface area contributed by atoms with E-state index in [1.54, 1.807) is 0 Å². The minimum atomic E-state index is 0.917. The van der Waals surface area contributed by atoms with Crippen LogP contribution in [0.25, 0.3) is 0 Å². The van der Waals surface area contributed by atoms with Crippen LogP contribution in [-0.4, -0.2) is 23.6 Å². The van der Waals surface area contributed by atoms with E-state index in [0.717, 1.165) is 37.3 Å². The maximum Gasteiger partial charge on any atom is 0.128 e. The molecule has 0 aliphatic rings. The highest BCUT2D eigenvalue weighted by Crippen LogP contribution is 1.99. The Morgan fingerprint density at radius 2 is 2.31 bits per heavy atom. The average Bonchev–Trinajstić information content (AvgIpc) is 2.19. The molecule has 1 N–H and O–H groups in total. The Hall–Kier alpha value is -0.960. The van der Waals surface area contributed by atoms with Gasteiger partial charge in [0.05, 0.1) is 0 Å². The van der Waals surface area contributed by atoms with Gasteiger partial charge >= 0.3 is 0 Å². The predicted molar refractivity (Wildman–Crippen MR) is 53.7 cm³/mol. The number of hydrogen-bond acceptors (Lipinski definition) is 3. The summed E-state index contributed by atoms with van der Waals surface area (Å²) in [5.74, 6) is 0.946. The van der Waals surface area contributed by atoms with Gasteiger partial charge in [0.2, 0.25) is 0 Å². The number of nitrogens with zero attached hydrogens (tertiary/aromatic N) is 2. The molecule has 0 amide bonds. The summed E-state index contributed by atoms with van der Waals surface area (Å²) in [6.07, 6.45) is 4.94. The smallest absolute Gasteiger partial charge is 0.128 e. The Kier molecular flexibility index (Phi) is 4.40. The van der Waals surface area contributed by atoms with Gasteiger partial charge in [-0.2, -0.15) is 0 Å². The van der Waals surface area contributed by atoms with Gasteiger partial charge < -0.3 is 5.32 Å². The lowest BCUT2D eigenvalue weighted by Crippen LogP contribution is -2.09. The Morgan fingerprint density at radius 1 is 1.46 bits per heavy atom. The fourth-order valence-electron chi connectivity index (χ4n) is 1.20. The van der Waals surface area contributed by atoms with Crippen LogP contribution in [0.4, 0.5) is 0 Å². The molecule has 1 heterocycles. The molecule has 1 rings (SSSR count). The van der Waals surface area contributed by atoms with Crippen LogP contribution in [0.5, 0.6) is 0 Å². The molecule has 0 saturated carbocycles. The third-order valence-corrected chi connectivity index (χ3v) is 1.94. The van der Waals surface area contributed by atoms with E-state index in [1.165, 1.54) is 0 Å². The molecule has 0 atom stereocenters. The molecule has 0 bridgehead atoms. The van der Waals surface area contributed by atoms with Crippen molar-refractivity contribution in [1.29, 1.82) is 0 Å². The highest BCUT2D eigenvalue weighted by Gasteiger charge is 1.96. The Labute approximate surface area is 79.6 Å². The van der Waals surface area contributed by atoms with Crippen molar-refractivity contribution < 1.29 is 0 Å². The van der Waals surface area contributed by atoms with Crippen molar-refractivity contribution in [2.45, 2.75) is 26.2 Å². The molecule has 0 fully saturated rings. The van der Waals surface area contributed by atoms with Crippen molar-refractivity contribution in [3.63, 3.8) is 0 Å². The molecular formula is C10H17N3. The first kappa shape index (κ1) is 10.1. The second kappa shape index (κ2) is 5.65. The number of nitrogens with one attached hydrogen (secondary N) is 1. The lowest BCUT2D eigenvalue weighted by Gasteiger charge is -2.01. The molecule has 1 aromatic heterocycles. The first-order valence-electron chi connectivity index (χ1n) is 4.82. The Morgan fingerprint density at radius 3 is 3.00 bits per heavy atom. The van der Waals surface area contributed by atoms with Gasteiger partial charge in [0.1, 0.15) is 5.82 Å². The molecule has 0 radical (unpaired) electrons. The molecule has 1 aromatic rings. The van der Waals surface area contributed by atoms with Gasteiger partial charge in [-0.25, -0.2) is 9.97 Å². The van der Waals surface area contributed by atoms with Gasteiger partial charge in [0.25, 0.3) is 0 Å². The zero-order chi connectivity index (χ0) is 9.52. The predicted octanol–water partition coefficient (Wildman–Crippen LogP) is 1.19. The van der Waals surface area contributed by atoms with E-state index in [0.29, 0.717) is 0 Å². The minimum Gasteiger partial charge on any atom is -0.320 e. The minimum absolute atomic E-state index is 0.917. The van der Waals surface area contributed by atoms with Crippen LogP contribution in [0.1, 0.15) is 24.9 Å². The van der Waals surface area contributed by atoms with E-state index in [4.69, 9.17) is 0 Å². The van der Waals surface area contributed by atoms with Crippen molar-refractivity contribution in [2.24, 2.45) is 0 Å². The maximum atomic E-state index is 4.42. The molecule has 0 aliphatic carbocycles. The second-order valence-corrected chi connectivity index (χ2v) is 3.02. The highest BCUT2D eigenvalue weighted by atomic mass is 14.9. The van der Waals surface area contributed by atoms with Crippen LogP contribution in [0.15, 0.2) is 12.3 Å². The van der Waals surface area contributed by atoms with E-state index in [1.807, 2.05) is 19.3 Å². The van der Waals surface area contributed by atoms with Gasteiger partial charge in [-0.15, -0.1) is 0 Å². The van der Waals surface area contributed by atoms with Gasteiger partial charge in [-0.3, -0.25) is 0 Å². The topological polar surface area (TPSA) is 37.8 Å². The summed E-state index contributed by atoms with van der Waals surface area (Å²) >= 11 is 0. The molecule has 3 nitrogen and oxygen atoms in total. The van der Waals surface area contributed by atoms with Crippen LogP contribution < -0.4 is 5.32 Å². The van der Waals surface area contributed by atoms with E-state index in [9.17, 15) is 0 Å².